The zero-order chi connectivity index (χ0) is 25.2. The number of rotatable bonds is 11. The Labute approximate surface area is 201 Å². The van der Waals surface area contributed by atoms with E-state index in [0.29, 0.717) is 36.5 Å². The van der Waals surface area contributed by atoms with Crippen LogP contribution in [-0.4, -0.2) is 47.2 Å². The summed E-state index contributed by atoms with van der Waals surface area (Å²) in [6.07, 6.45) is 5.23. The molecule has 10 nitrogen and oxygen atoms in total. The first-order chi connectivity index (χ1) is 16.9. The standard InChI is InChI=1S/C25H23N3O7/c1-34-10-3-11-35-22-14-18(7-6-17-4-2-5-21(13-17)28(32)33)12-20(15-22)24(29)27-23-9-8-19(16-26-23)25(30)31/h2,4-9,12-16H,3,10-11H2,1H3,(H,30,31)(H,26,27,29)/b7-6+. The van der Waals surface area contributed by atoms with Crippen molar-refractivity contribution < 1.29 is 29.1 Å². The van der Waals surface area contributed by atoms with Gasteiger partial charge in [-0.2, -0.15) is 0 Å². The summed E-state index contributed by atoms with van der Waals surface area (Å²) in [5.74, 6) is -0.927. The zero-order valence-electron chi connectivity index (χ0n) is 18.8. The van der Waals surface area contributed by atoms with E-state index in [4.69, 9.17) is 14.6 Å². The predicted molar refractivity (Wildman–Crippen MR) is 130 cm³/mol. The first-order valence-corrected chi connectivity index (χ1v) is 10.6. The first-order valence-electron chi connectivity index (χ1n) is 10.6. The molecule has 1 amide bonds. The molecule has 0 aliphatic rings. The second kappa shape index (κ2) is 12.1. The molecule has 0 radical (unpaired) electrons. The van der Waals surface area contributed by atoms with Crippen molar-refractivity contribution in [2.24, 2.45) is 0 Å². The van der Waals surface area contributed by atoms with Crippen molar-refractivity contribution in [3.05, 3.63) is 93.2 Å². The fourth-order valence-electron chi connectivity index (χ4n) is 3.04. The van der Waals surface area contributed by atoms with Crippen LogP contribution < -0.4 is 10.1 Å². The van der Waals surface area contributed by atoms with Gasteiger partial charge in [0.05, 0.1) is 17.1 Å². The van der Waals surface area contributed by atoms with Gasteiger partial charge in [0.15, 0.2) is 0 Å². The summed E-state index contributed by atoms with van der Waals surface area (Å²) in [6.45, 7) is 0.906. The number of anilines is 1. The maximum Gasteiger partial charge on any atom is 0.337 e. The Morgan fingerprint density at radius 1 is 1.06 bits per heavy atom. The highest BCUT2D eigenvalue weighted by Gasteiger charge is 2.12. The Kier molecular flexibility index (Phi) is 8.63. The lowest BCUT2D eigenvalue weighted by Crippen LogP contribution is -2.14. The number of ether oxygens (including phenoxy) is 2. The average Bonchev–Trinajstić information content (AvgIpc) is 2.86. The Balaban J connectivity index is 1.84. The van der Waals surface area contributed by atoms with Crippen molar-refractivity contribution >= 4 is 35.5 Å². The number of non-ortho nitro benzene ring substituents is 1. The number of hydrogen-bond acceptors (Lipinski definition) is 7. The molecule has 0 atom stereocenters. The molecule has 35 heavy (non-hydrogen) atoms. The number of nitrogens with one attached hydrogen (secondary N) is 1. The highest BCUT2D eigenvalue weighted by atomic mass is 16.6. The third-order valence-electron chi connectivity index (χ3n) is 4.75. The Hall–Kier alpha value is -4.57. The van der Waals surface area contributed by atoms with Crippen molar-refractivity contribution in [1.82, 2.24) is 4.98 Å². The molecule has 3 rings (SSSR count). The predicted octanol–water partition coefficient (Wildman–Crippen LogP) is 4.53. The number of carbonyl (C=O) groups is 2. The number of aromatic carboxylic acids is 1. The lowest BCUT2D eigenvalue weighted by atomic mass is 10.1. The lowest BCUT2D eigenvalue weighted by Gasteiger charge is -2.10. The molecular weight excluding hydrogens is 454 g/mol. The topological polar surface area (TPSA) is 141 Å². The molecule has 2 N–H and O–H groups in total. The fraction of sp³-hybridized carbons (Fsp3) is 0.160. The van der Waals surface area contributed by atoms with E-state index in [1.165, 1.54) is 24.3 Å². The quantitative estimate of drug-likeness (QED) is 0.178. The molecule has 3 aromatic rings. The molecule has 0 bridgehead atoms. The van der Waals surface area contributed by atoms with Gasteiger partial charge in [-0.3, -0.25) is 14.9 Å². The number of hydrogen-bond donors (Lipinski definition) is 2. The van der Waals surface area contributed by atoms with Gasteiger partial charge < -0.3 is 19.9 Å². The van der Waals surface area contributed by atoms with Crippen molar-refractivity contribution in [1.29, 1.82) is 0 Å². The third-order valence-corrected chi connectivity index (χ3v) is 4.75. The van der Waals surface area contributed by atoms with Crippen LogP contribution in [-0.2, 0) is 4.74 Å². The zero-order valence-corrected chi connectivity index (χ0v) is 18.8. The van der Waals surface area contributed by atoms with Crippen LogP contribution in [0, 0.1) is 10.1 Å². The third kappa shape index (κ3) is 7.47. The molecule has 0 aliphatic carbocycles. The molecule has 10 heteroatoms. The molecule has 0 spiro atoms. The van der Waals surface area contributed by atoms with E-state index >= 15 is 0 Å². The molecule has 0 saturated carbocycles. The average molecular weight is 477 g/mol. The van der Waals surface area contributed by atoms with Gasteiger partial charge in [0.2, 0.25) is 0 Å². The van der Waals surface area contributed by atoms with E-state index in [-0.39, 0.29) is 22.6 Å². The van der Waals surface area contributed by atoms with Crippen molar-refractivity contribution in [3.8, 4) is 5.75 Å². The van der Waals surface area contributed by atoms with Gasteiger partial charge in [0.25, 0.3) is 11.6 Å². The van der Waals surface area contributed by atoms with Crippen molar-refractivity contribution in [2.45, 2.75) is 6.42 Å². The number of pyridine rings is 1. The summed E-state index contributed by atoms with van der Waals surface area (Å²) in [5.41, 5.74) is 1.53. The summed E-state index contributed by atoms with van der Waals surface area (Å²) in [7, 11) is 1.60. The summed E-state index contributed by atoms with van der Waals surface area (Å²) < 4.78 is 10.8. The van der Waals surface area contributed by atoms with Crippen LogP contribution >= 0.6 is 0 Å². The summed E-state index contributed by atoms with van der Waals surface area (Å²) >= 11 is 0. The molecule has 0 fully saturated rings. The number of methoxy groups -OCH3 is 1. The van der Waals surface area contributed by atoms with Crippen LogP contribution in [0.15, 0.2) is 60.8 Å². The van der Waals surface area contributed by atoms with Crippen LogP contribution in [0.3, 0.4) is 0 Å². The molecule has 1 heterocycles. The van der Waals surface area contributed by atoms with Gasteiger partial charge in [0, 0.05) is 44.0 Å². The highest BCUT2D eigenvalue weighted by Crippen LogP contribution is 2.22. The van der Waals surface area contributed by atoms with Crippen molar-refractivity contribution in [3.63, 3.8) is 0 Å². The van der Waals surface area contributed by atoms with E-state index in [1.807, 2.05) is 0 Å². The summed E-state index contributed by atoms with van der Waals surface area (Å²) in [4.78, 5) is 38.4. The summed E-state index contributed by atoms with van der Waals surface area (Å²) in [5, 5.41) is 22.6. The maximum atomic E-state index is 12.9. The van der Waals surface area contributed by atoms with Gasteiger partial charge in [-0.05, 0) is 41.5 Å². The second-order valence-corrected chi connectivity index (χ2v) is 7.36. The number of benzene rings is 2. The Bertz CT molecular complexity index is 1240. The number of nitrogens with zero attached hydrogens (tertiary/aromatic N) is 2. The number of carboxylic acid groups (broad SMARTS) is 1. The summed E-state index contributed by atoms with van der Waals surface area (Å²) in [6, 6.07) is 13.9. The number of carboxylic acids is 1. The Morgan fingerprint density at radius 2 is 1.86 bits per heavy atom. The van der Waals surface area contributed by atoms with Gasteiger partial charge in [0.1, 0.15) is 11.6 Å². The van der Waals surface area contributed by atoms with E-state index in [1.54, 1.807) is 49.6 Å². The normalized spacial score (nSPS) is 10.8. The van der Waals surface area contributed by atoms with Gasteiger partial charge in [-0.15, -0.1) is 0 Å². The van der Waals surface area contributed by atoms with Crippen LogP contribution in [0.25, 0.3) is 12.2 Å². The molecule has 0 aliphatic heterocycles. The SMILES string of the molecule is COCCCOc1cc(/C=C/c2cccc([N+](=O)[O-])c2)cc(C(=O)Nc2ccc(C(=O)O)cn2)c1. The second-order valence-electron chi connectivity index (χ2n) is 7.36. The minimum atomic E-state index is -1.12. The number of aromatic nitrogens is 1. The number of nitro groups is 1. The van der Waals surface area contributed by atoms with Gasteiger partial charge in [-0.25, -0.2) is 9.78 Å². The fourth-order valence-corrected chi connectivity index (χ4v) is 3.04. The maximum absolute atomic E-state index is 12.9. The van der Waals surface area contributed by atoms with Crippen LogP contribution in [0.1, 0.15) is 38.3 Å². The van der Waals surface area contributed by atoms with Crippen molar-refractivity contribution in [2.75, 3.05) is 25.6 Å². The lowest BCUT2D eigenvalue weighted by molar-refractivity contribution is -0.384. The van der Waals surface area contributed by atoms with Gasteiger partial charge >= 0.3 is 5.97 Å². The molecule has 180 valence electrons. The molecule has 0 saturated heterocycles. The monoisotopic (exact) mass is 477 g/mol. The largest absolute Gasteiger partial charge is 0.493 e. The number of carbonyl (C=O) groups excluding carboxylic acids is 1. The van der Waals surface area contributed by atoms with Crippen LogP contribution in [0.2, 0.25) is 0 Å². The minimum absolute atomic E-state index is 0.00280. The van der Waals surface area contributed by atoms with E-state index < -0.39 is 16.8 Å². The van der Waals surface area contributed by atoms with E-state index in [0.717, 1.165) is 6.20 Å². The molecule has 1 aromatic heterocycles. The smallest absolute Gasteiger partial charge is 0.337 e. The van der Waals surface area contributed by atoms with Gasteiger partial charge in [-0.1, -0.05) is 24.3 Å². The highest BCUT2D eigenvalue weighted by molar-refractivity contribution is 6.04. The van der Waals surface area contributed by atoms with E-state index in [2.05, 4.69) is 10.3 Å². The first kappa shape index (κ1) is 25.1. The number of nitro benzene ring substituents is 1. The molecule has 2 aromatic carbocycles. The minimum Gasteiger partial charge on any atom is -0.493 e. The van der Waals surface area contributed by atoms with E-state index in [9.17, 15) is 19.7 Å². The molecular formula is C25H23N3O7. The molecule has 0 unspecified atom stereocenters. The Morgan fingerprint density at radius 3 is 2.54 bits per heavy atom. The number of amides is 1. The van der Waals surface area contributed by atoms with Crippen LogP contribution in [0.5, 0.6) is 5.75 Å². The van der Waals surface area contributed by atoms with Crippen LogP contribution in [0.4, 0.5) is 11.5 Å².